The molecule has 1 aliphatic heterocycles. The lowest BCUT2D eigenvalue weighted by atomic mass is 9.70. The van der Waals surface area contributed by atoms with Crippen molar-refractivity contribution in [3.05, 3.63) is 35.4 Å². The van der Waals surface area contributed by atoms with Crippen LogP contribution in [0.4, 0.5) is 0 Å². The molecule has 0 bridgehead atoms. The maximum atomic E-state index is 5.12. The minimum absolute atomic E-state index is 0.388. The Morgan fingerprint density at radius 2 is 2.00 bits per heavy atom. The quantitative estimate of drug-likeness (QED) is 0.763. The summed E-state index contributed by atoms with van der Waals surface area (Å²) in [5.74, 6) is 0. The molecule has 94 valence electrons. The summed E-state index contributed by atoms with van der Waals surface area (Å²) < 4.78 is 5.12. The molecule has 1 aromatic carbocycles. The smallest absolute Gasteiger partial charge is 0.0462 e. The van der Waals surface area contributed by atoms with Gasteiger partial charge in [-0.2, -0.15) is 0 Å². The van der Waals surface area contributed by atoms with Gasteiger partial charge in [0.15, 0.2) is 0 Å². The highest BCUT2D eigenvalue weighted by Crippen LogP contribution is 2.35. The molecule has 17 heavy (non-hydrogen) atoms. The Bertz CT molecular complexity index is 358. The number of rotatable bonds is 6. The van der Waals surface area contributed by atoms with Crippen molar-refractivity contribution in [3.8, 4) is 0 Å². The molecule has 0 aromatic heterocycles. The van der Waals surface area contributed by atoms with Crippen molar-refractivity contribution in [2.45, 2.75) is 31.6 Å². The molecule has 1 aromatic rings. The van der Waals surface area contributed by atoms with Crippen LogP contribution in [0.1, 0.15) is 30.4 Å². The molecule has 0 atom stereocenters. The van der Waals surface area contributed by atoms with E-state index >= 15 is 0 Å². The van der Waals surface area contributed by atoms with Crippen LogP contribution in [0.5, 0.6) is 0 Å². The molecule has 2 rings (SSSR count). The van der Waals surface area contributed by atoms with Crippen LogP contribution < -0.4 is 5.32 Å². The number of methoxy groups -OCH3 is 1. The zero-order chi connectivity index (χ0) is 12.1. The Balaban J connectivity index is 2.02. The van der Waals surface area contributed by atoms with E-state index in [0.717, 1.165) is 19.7 Å². The minimum atomic E-state index is 0.388. The summed E-state index contributed by atoms with van der Waals surface area (Å²) in [5, 5.41) is 3.44. The molecule has 0 spiro atoms. The highest BCUT2D eigenvalue weighted by Gasteiger charge is 2.38. The molecule has 0 amide bonds. The molecule has 2 heteroatoms. The van der Waals surface area contributed by atoms with Crippen molar-refractivity contribution < 1.29 is 4.74 Å². The molecule has 0 radical (unpaired) electrons. The third-order valence-corrected chi connectivity index (χ3v) is 3.90. The van der Waals surface area contributed by atoms with Gasteiger partial charge in [0.05, 0.1) is 0 Å². The van der Waals surface area contributed by atoms with Crippen LogP contribution in [0.2, 0.25) is 0 Å². The number of hydrogen-bond acceptors (Lipinski definition) is 2. The van der Waals surface area contributed by atoms with Gasteiger partial charge in [-0.3, -0.25) is 0 Å². The van der Waals surface area contributed by atoms with E-state index in [-0.39, 0.29) is 0 Å². The number of ether oxygens (including phenoxy) is 1. The Labute approximate surface area is 104 Å². The summed E-state index contributed by atoms with van der Waals surface area (Å²) in [7, 11) is 1.78. The monoisotopic (exact) mass is 233 g/mol. The molecule has 2 nitrogen and oxygen atoms in total. The van der Waals surface area contributed by atoms with Crippen LogP contribution in [-0.2, 0) is 10.2 Å². The van der Waals surface area contributed by atoms with Crippen molar-refractivity contribution >= 4 is 0 Å². The van der Waals surface area contributed by atoms with Gasteiger partial charge in [-0.15, -0.1) is 0 Å². The third-order valence-electron chi connectivity index (χ3n) is 3.90. The summed E-state index contributed by atoms with van der Waals surface area (Å²) >= 11 is 0. The number of hydrogen-bond donors (Lipinski definition) is 1. The van der Waals surface area contributed by atoms with Crippen molar-refractivity contribution in [1.29, 1.82) is 0 Å². The normalized spacial score (nSPS) is 17.8. The molecule has 1 N–H and O–H groups in total. The number of unbranched alkanes of at least 4 members (excludes halogenated alkanes) is 1. The molecular weight excluding hydrogens is 210 g/mol. The SMILES string of the molecule is COCCCCC1(c2ccccc2C)CNC1. The fraction of sp³-hybridized carbons (Fsp3) is 0.600. The highest BCUT2D eigenvalue weighted by atomic mass is 16.5. The first-order chi connectivity index (χ1) is 8.28. The first-order valence-corrected chi connectivity index (χ1v) is 6.54. The number of nitrogens with one attached hydrogen (secondary N) is 1. The van der Waals surface area contributed by atoms with E-state index < -0.39 is 0 Å². The van der Waals surface area contributed by atoms with Crippen LogP contribution >= 0.6 is 0 Å². The summed E-state index contributed by atoms with van der Waals surface area (Å²) in [6.07, 6.45) is 3.70. The largest absolute Gasteiger partial charge is 0.385 e. The van der Waals surface area contributed by atoms with Gasteiger partial charge in [-0.1, -0.05) is 30.7 Å². The number of aryl methyl sites for hydroxylation is 1. The van der Waals surface area contributed by atoms with E-state index in [1.165, 1.54) is 30.4 Å². The van der Waals surface area contributed by atoms with Gasteiger partial charge < -0.3 is 10.1 Å². The maximum Gasteiger partial charge on any atom is 0.0462 e. The second kappa shape index (κ2) is 5.65. The fourth-order valence-corrected chi connectivity index (χ4v) is 2.81. The van der Waals surface area contributed by atoms with Crippen molar-refractivity contribution in [2.24, 2.45) is 0 Å². The second-order valence-electron chi connectivity index (χ2n) is 5.15. The van der Waals surface area contributed by atoms with Gasteiger partial charge >= 0.3 is 0 Å². The van der Waals surface area contributed by atoms with Gasteiger partial charge in [0.2, 0.25) is 0 Å². The zero-order valence-corrected chi connectivity index (χ0v) is 11.0. The fourth-order valence-electron chi connectivity index (χ4n) is 2.81. The molecule has 0 aliphatic carbocycles. The van der Waals surface area contributed by atoms with Gasteiger partial charge in [0, 0.05) is 32.2 Å². The second-order valence-corrected chi connectivity index (χ2v) is 5.15. The average Bonchev–Trinajstić information content (AvgIpc) is 2.29. The van der Waals surface area contributed by atoms with Gasteiger partial charge in [0.25, 0.3) is 0 Å². The van der Waals surface area contributed by atoms with Crippen molar-refractivity contribution in [1.82, 2.24) is 5.32 Å². The molecular formula is C15H23NO. The molecule has 1 aliphatic rings. The molecule has 0 unspecified atom stereocenters. The van der Waals surface area contributed by atoms with Gasteiger partial charge in [0.1, 0.15) is 0 Å². The van der Waals surface area contributed by atoms with Gasteiger partial charge in [-0.25, -0.2) is 0 Å². The molecule has 1 fully saturated rings. The van der Waals surface area contributed by atoms with Crippen molar-refractivity contribution in [3.63, 3.8) is 0 Å². The Kier molecular flexibility index (Phi) is 4.19. The van der Waals surface area contributed by atoms with E-state index in [0.29, 0.717) is 5.41 Å². The molecule has 1 saturated heterocycles. The minimum Gasteiger partial charge on any atom is -0.385 e. The van der Waals surface area contributed by atoms with Crippen LogP contribution in [-0.4, -0.2) is 26.8 Å². The van der Waals surface area contributed by atoms with E-state index in [2.05, 4.69) is 36.5 Å². The van der Waals surface area contributed by atoms with Crippen LogP contribution in [0.25, 0.3) is 0 Å². The predicted octanol–water partition coefficient (Wildman–Crippen LogP) is 2.65. The van der Waals surface area contributed by atoms with E-state index in [4.69, 9.17) is 4.74 Å². The molecule has 1 heterocycles. The van der Waals surface area contributed by atoms with Crippen LogP contribution in [0.15, 0.2) is 24.3 Å². The Morgan fingerprint density at radius 3 is 2.59 bits per heavy atom. The molecule has 0 saturated carbocycles. The first-order valence-electron chi connectivity index (χ1n) is 6.54. The third kappa shape index (κ3) is 2.70. The van der Waals surface area contributed by atoms with Crippen LogP contribution in [0.3, 0.4) is 0 Å². The van der Waals surface area contributed by atoms with Crippen LogP contribution in [0, 0.1) is 6.92 Å². The lowest BCUT2D eigenvalue weighted by Gasteiger charge is -2.44. The van der Waals surface area contributed by atoms with E-state index in [1.54, 1.807) is 7.11 Å². The maximum absolute atomic E-state index is 5.12. The first kappa shape index (κ1) is 12.6. The summed E-state index contributed by atoms with van der Waals surface area (Å²) in [5.41, 5.74) is 3.36. The summed E-state index contributed by atoms with van der Waals surface area (Å²) in [4.78, 5) is 0. The lowest BCUT2D eigenvalue weighted by molar-refractivity contribution is 0.181. The highest BCUT2D eigenvalue weighted by molar-refractivity contribution is 5.36. The zero-order valence-electron chi connectivity index (χ0n) is 11.0. The van der Waals surface area contributed by atoms with Crippen molar-refractivity contribution in [2.75, 3.05) is 26.8 Å². The average molecular weight is 233 g/mol. The van der Waals surface area contributed by atoms with E-state index in [1.807, 2.05) is 0 Å². The van der Waals surface area contributed by atoms with Gasteiger partial charge in [-0.05, 0) is 30.9 Å². The topological polar surface area (TPSA) is 21.3 Å². The predicted molar refractivity (Wildman–Crippen MR) is 71.5 cm³/mol. The van der Waals surface area contributed by atoms with E-state index in [9.17, 15) is 0 Å². The summed E-state index contributed by atoms with van der Waals surface area (Å²) in [6, 6.07) is 8.82. The standard InChI is InChI=1S/C15H23NO/c1-13-7-3-4-8-14(13)15(11-16-12-15)9-5-6-10-17-2/h3-4,7-8,16H,5-6,9-12H2,1-2H3. The lowest BCUT2D eigenvalue weighted by Crippen LogP contribution is -2.57. The number of benzene rings is 1. The Hall–Kier alpha value is -0.860. The Morgan fingerprint density at radius 1 is 1.24 bits per heavy atom. The summed E-state index contributed by atoms with van der Waals surface area (Å²) in [6.45, 7) is 5.37.